The van der Waals surface area contributed by atoms with Crippen molar-refractivity contribution in [3.8, 4) is 0 Å². The average Bonchev–Trinajstić information content (AvgIpc) is 2.78. The van der Waals surface area contributed by atoms with Gasteiger partial charge in [0.05, 0.1) is 4.92 Å². The highest BCUT2D eigenvalue weighted by molar-refractivity contribution is 6.05. The summed E-state index contributed by atoms with van der Waals surface area (Å²) in [7, 11) is 0. The van der Waals surface area contributed by atoms with Gasteiger partial charge in [0.1, 0.15) is 23.1 Å². The van der Waals surface area contributed by atoms with Gasteiger partial charge in [-0.15, -0.1) is 12.4 Å². The van der Waals surface area contributed by atoms with Gasteiger partial charge in [0.2, 0.25) is 0 Å². The molecule has 2 heterocycles. The average molecular weight is 476 g/mol. The predicted molar refractivity (Wildman–Crippen MR) is 123 cm³/mol. The zero-order valence-corrected chi connectivity index (χ0v) is 18.1. The predicted octanol–water partition coefficient (Wildman–Crippen LogP) is 4.27. The fraction of sp³-hybridized carbons (Fsp3) is 0.182. The van der Waals surface area contributed by atoms with E-state index >= 15 is 0 Å². The second-order valence-electron chi connectivity index (χ2n) is 7.23. The van der Waals surface area contributed by atoms with Crippen molar-refractivity contribution in [3.05, 3.63) is 88.1 Å². The van der Waals surface area contributed by atoms with Crippen LogP contribution in [-0.4, -0.2) is 42.0 Å². The number of nitro benzene ring substituents is 1. The number of carbonyl (C=O) groups excluding carboxylic acids is 1. The van der Waals surface area contributed by atoms with Gasteiger partial charge >= 0.3 is 0 Å². The van der Waals surface area contributed by atoms with Gasteiger partial charge in [-0.1, -0.05) is 6.07 Å². The number of pyridine rings is 1. The van der Waals surface area contributed by atoms with Crippen LogP contribution in [0.15, 0.2) is 60.8 Å². The second kappa shape index (κ2) is 10.2. The Morgan fingerprint density at radius 2 is 1.64 bits per heavy atom. The zero-order valence-electron chi connectivity index (χ0n) is 17.3. The molecular weight excluding hydrogens is 456 g/mol. The van der Waals surface area contributed by atoms with Crippen LogP contribution in [0.3, 0.4) is 0 Å². The van der Waals surface area contributed by atoms with Crippen molar-refractivity contribution in [2.75, 3.05) is 41.3 Å². The van der Waals surface area contributed by atoms with Gasteiger partial charge in [-0.2, -0.15) is 0 Å². The van der Waals surface area contributed by atoms with Crippen LogP contribution >= 0.6 is 12.4 Å². The summed E-state index contributed by atoms with van der Waals surface area (Å²) in [6.45, 7) is 2.38. The fourth-order valence-corrected chi connectivity index (χ4v) is 3.62. The molecule has 1 fully saturated rings. The van der Waals surface area contributed by atoms with E-state index in [0.29, 0.717) is 37.9 Å². The van der Waals surface area contributed by atoms with E-state index in [1.54, 1.807) is 6.20 Å². The molecule has 3 aromatic rings. The Kier molecular flexibility index (Phi) is 7.39. The first-order valence-corrected chi connectivity index (χ1v) is 9.87. The van der Waals surface area contributed by atoms with Gasteiger partial charge in [0.25, 0.3) is 11.6 Å². The number of nitrogens with zero attached hydrogens (tertiary/aromatic N) is 4. The summed E-state index contributed by atoms with van der Waals surface area (Å²) in [5.41, 5.74) is 0.125. The number of hydrogen-bond acceptors (Lipinski definition) is 6. The Morgan fingerprint density at radius 1 is 0.970 bits per heavy atom. The second-order valence-corrected chi connectivity index (χ2v) is 7.23. The van der Waals surface area contributed by atoms with E-state index in [-0.39, 0.29) is 29.3 Å². The quantitative estimate of drug-likeness (QED) is 0.437. The zero-order chi connectivity index (χ0) is 22.7. The lowest BCUT2D eigenvalue weighted by Gasteiger charge is -2.36. The molecule has 0 bridgehead atoms. The van der Waals surface area contributed by atoms with Gasteiger partial charge in [0, 0.05) is 55.8 Å². The number of benzene rings is 2. The third kappa shape index (κ3) is 5.53. The van der Waals surface area contributed by atoms with Crippen molar-refractivity contribution in [2.45, 2.75) is 0 Å². The highest BCUT2D eigenvalue weighted by atomic mass is 35.5. The molecule has 0 radical (unpaired) electrons. The molecule has 0 atom stereocenters. The number of rotatable bonds is 5. The lowest BCUT2D eigenvalue weighted by Crippen LogP contribution is -2.47. The molecule has 0 spiro atoms. The Labute approximate surface area is 194 Å². The number of amides is 1. The molecule has 0 unspecified atom stereocenters. The number of nitrogens with one attached hydrogen (secondary N) is 1. The van der Waals surface area contributed by atoms with E-state index < -0.39 is 22.5 Å². The summed E-state index contributed by atoms with van der Waals surface area (Å²) < 4.78 is 26.7. The lowest BCUT2D eigenvalue weighted by molar-refractivity contribution is -0.384. The number of aromatic nitrogens is 1. The maximum absolute atomic E-state index is 13.4. The van der Waals surface area contributed by atoms with Crippen LogP contribution in [0.25, 0.3) is 0 Å². The summed E-state index contributed by atoms with van der Waals surface area (Å²) in [4.78, 5) is 32.0. The summed E-state index contributed by atoms with van der Waals surface area (Å²) in [5.74, 6) is -1.54. The maximum Gasteiger partial charge on any atom is 0.293 e. The van der Waals surface area contributed by atoms with Gasteiger partial charge < -0.3 is 15.1 Å². The van der Waals surface area contributed by atoms with E-state index in [4.69, 9.17) is 0 Å². The molecule has 1 N–H and O–H groups in total. The van der Waals surface area contributed by atoms with Crippen molar-refractivity contribution in [3.63, 3.8) is 0 Å². The molecule has 0 aliphatic carbocycles. The highest BCUT2D eigenvalue weighted by Gasteiger charge is 2.25. The highest BCUT2D eigenvalue weighted by Crippen LogP contribution is 2.31. The van der Waals surface area contributed by atoms with Crippen molar-refractivity contribution < 1.29 is 18.5 Å². The smallest absolute Gasteiger partial charge is 0.293 e. The number of nitro groups is 1. The first kappa shape index (κ1) is 23.9. The summed E-state index contributed by atoms with van der Waals surface area (Å²) in [6.07, 6.45) is 1.72. The van der Waals surface area contributed by atoms with Gasteiger partial charge in [-0.3, -0.25) is 14.9 Å². The summed E-state index contributed by atoms with van der Waals surface area (Å²) in [5, 5.41) is 14.1. The van der Waals surface area contributed by atoms with E-state index in [9.17, 15) is 23.7 Å². The topological polar surface area (TPSA) is 91.6 Å². The monoisotopic (exact) mass is 475 g/mol. The van der Waals surface area contributed by atoms with Crippen LogP contribution in [0.5, 0.6) is 0 Å². The van der Waals surface area contributed by atoms with E-state index in [1.165, 1.54) is 18.2 Å². The van der Waals surface area contributed by atoms with Crippen LogP contribution in [0.4, 0.5) is 31.7 Å². The number of hydrogen-bond donors (Lipinski definition) is 1. The Balaban J connectivity index is 0.00000306. The first-order valence-electron chi connectivity index (χ1n) is 9.87. The van der Waals surface area contributed by atoms with Crippen LogP contribution in [0.1, 0.15) is 10.4 Å². The Morgan fingerprint density at radius 3 is 2.24 bits per heavy atom. The van der Waals surface area contributed by atoms with Crippen LogP contribution in [-0.2, 0) is 0 Å². The van der Waals surface area contributed by atoms with E-state index in [0.717, 1.165) is 18.0 Å². The molecule has 2 aromatic carbocycles. The van der Waals surface area contributed by atoms with Gasteiger partial charge in [0.15, 0.2) is 0 Å². The maximum atomic E-state index is 13.4. The molecule has 33 heavy (non-hydrogen) atoms. The lowest BCUT2D eigenvalue weighted by atomic mass is 10.1. The van der Waals surface area contributed by atoms with Crippen molar-refractivity contribution >= 4 is 41.2 Å². The third-order valence-electron chi connectivity index (χ3n) is 5.15. The molecule has 1 aliphatic rings. The molecule has 0 saturated carbocycles. The van der Waals surface area contributed by atoms with E-state index in [2.05, 4.69) is 15.2 Å². The molecule has 8 nitrogen and oxygen atoms in total. The normalized spacial score (nSPS) is 13.3. The molecule has 4 rings (SSSR count). The molecule has 1 saturated heterocycles. The standard InChI is InChI=1S/C22H19F2N5O3.ClH/c23-16-12-17(24)14-18(13-16)26-22(30)15-4-5-19(20(11-15)29(31)32)27-7-9-28(10-8-27)21-3-1-2-6-25-21;/h1-6,11-14H,7-10H2,(H,26,30);1H. The van der Waals surface area contributed by atoms with Gasteiger partial charge in [-0.05, 0) is 36.4 Å². The summed E-state index contributed by atoms with van der Waals surface area (Å²) in [6, 6.07) is 12.4. The number of anilines is 3. The molecule has 1 amide bonds. The minimum absolute atomic E-state index is 0. The number of halogens is 3. The largest absolute Gasteiger partial charge is 0.362 e. The molecule has 11 heteroatoms. The van der Waals surface area contributed by atoms with E-state index in [1.807, 2.05) is 23.1 Å². The molecule has 1 aliphatic heterocycles. The first-order chi connectivity index (χ1) is 15.4. The van der Waals surface area contributed by atoms with Crippen LogP contribution in [0, 0.1) is 21.7 Å². The van der Waals surface area contributed by atoms with Crippen molar-refractivity contribution in [1.82, 2.24) is 4.98 Å². The minimum atomic E-state index is -0.841. The minimum Gasteiger partial charge on any atom is -0.362 e. The Bertz CT molecular complexity index is 1140. The van der Waals surface area contributed by atoms with Crippen LogP contribution < -0.4 is 15.1 Å². The number of piperazine rings is 1. The van der Waals surface area contributed by atoms with Crippen molar-refractivity contribution in [2.24, 2.45) is 0 Å². The fourth-order valence-electron chi connectivity index (χ4n) is 3.62. The van der Waals surface area contributed by atoms with Crippen molar-refractivity contribution in [1.29, 1.82) is 0 Å². The molecule has 172 valence electrons. The van der Waals surface area contributed by atoms with Crippen LogP contribution in [0.2, 0.25) is 0 Å². The number of carbonyl (C=O) groups is 1. The molecular formula is C22H20ClF2N5O3. The summed E-state index contributed by atoms with van der Waals surface area (Å²) >= 11 is 0. The molecule has 1 aromatic heterocycles. The Hall–Kier alpha value is -3.79. The SMILES string of the molecule is Cl.O=C(Nc1cc(F)cc(F)c1)c1ccc(N2CCN(c3ccccn3)CC2)c([N+](=O)[O-])c1. The third-order valence-corrected chi connectivity index (χ3v) is 5.15. The van der Waals surface area contributed by atoms with Gasteiger partial charge in [-0.25, -0.2) is 13.8 Å².